The monoisotopic (exact) mass is 415 g/mol. The van der Waals surface area contributed by atoms with E-state index in [9.17, 15) is 4.79 Å². The maximum absolute atomic E-state index is 12.3. The van der Waals surface area contributed by atoms with Crippen molar-refractivity contribution in [2.45, 2.75) is 18.1 Å². The average Bonchev–Trinajstić information content (AvgIpc) is 3.12. The molecule has 0 spiro atoms. The molecule has 6 nitrogen and oxygen atoms in total. The lowest BCUT2D eigenvalue weighted by molar-refractivity contribution is -0.113. The molecule has 1 N–H and O–H groups in total. The molecule has 0 radical (unpaired) electrons. The van der Waals surface area contributed by atoms with Crippen molar-refractivity contribution in [1.82, 2.24) is 19.7 Å². The van der Waals surface area contributed by atoms with Crippen molar-refractivity contribution in [3.8, 4) is 5.69 Å². The Kier molecular flexibility index (Phi) is 6.72. The summed E-state index contributed by atoms with van der Waals surface area (Å²) in [5.41, 5.74) is 1.68. The summed E-state index contributed by atoms with van der Waals surface area (Å²) in [4.78, 5) is 14.4. The van der Waals surface area contributed by atoms with E-state index in [1.165, 1.54) is 11.8 Å². The number of amides is 1. The van der Waals surface area contributed by atoms with Crippen LogP contribution in [0.15, 0.2) is 59.8 Å². The third kappa shape index (κ3) is 4.92. The van der Waals surface area contributed by atoms with Gasteiger partial charge in [-0.15, -0.1) is 10.2 Å². The molecule has 146 valence electrons. The Morgan fingerprint density at radius 2 is 1.82 bits per heavy atom. The lowest BCUT2D eigenvalue weighted by atomic mass is 10.2. The van der Waals surface area contributed by atoms with E-state index in [2.05, 4.69) is 27.3 Å². The number of benzene rings is 2. The van der Waals surface area contributed by atoms with Crippen LogP contribution in [0.5, 0.6) is 0 Å². The highest BCUT2D eigenvalue weighted by molar-refractivity contribution is 7.99. The number of aromatic nitrogens is 3. The van der Waals surface area contributed by atoms with E-state index in [0.717, 1.165) is 11.5 Å². The van der Waals surface area contributed by atoms with Gasteiger partial charge in [-0.1, -0.05) is 41.6 Å². The number of thioether (sulfide) groups is 1. The van der Waals surface area contributed by atoms with Crippen molar-refractivity contribution < 1.29 is 4.79 Å². The largest absolute Gasteiger partial charge is 0.325 e. The number of para-hydroxylation sites is 1. The van der Waals surface area contributed by atoms with Crippen molar-refractivity contribution in [2.24, 2.45) is 0 Å². The van der Waals surface area contributed by atoms with Crippen LogP contribution in [0.4, 0.5) is 5.69 Å². The fourth-order valence-corrected chi connectivity index (χ4v) is 3.44. The highest BCUT2D eigenvalue weighted by Crippen LogP contribution is 2.26. The van der Waals surface area contributed by atoms with Gasteiger partial charge in [0.1, 0.15) is 0 Å². The number of carbonyl (C=O) groups excluding carboxylic acids is 1. The minimum atomic E-state index is -0.114. The van der Waals surface area contributed by atoms with Crippen molar-refractivity contribution in [3.05, 3.63) is 65.4 Å². The van der Waals surface area contributed by atoms with Crippen LogP contribution in [0.3, 0.4) is 0 Å². The van der Waals surface area contributed by atoms with E-state index in [0.29, 0.717) is 15.9 Å². The van der Waals surface area contributed by atoms with Crippen molar-refractivity contribution in [3.63, 3.8) is 0 Å². The molecule has 1 atom stereocenters. The third-order valence-corrected chi connectivity index (χ3v) is 5.46. The van der Waals surface area contributed by atoms with Gasteiger partial charge >= 0.3 is 0 Å². The van der Waals surface area contributed by atoms with Crippen LogP contribution in [0.1, 0.15) is 18.8 Å². The van der Waals surface area contributed by atoms with E-state index < -0.39 is 0 Å². The Morgan fingerprint density at radius 1 is 1.14 bits per heavy atom. The minimum absolute atomic E-state index is 0.0740. The first kappa shape index (κ1) is 20.4. The molecule has 2 aromatic carbocycles. The summed E-state index contributed by atoms with van der Waals surface area (Å²) in [5.74, 6) is 0.943. The number of anilines is 1. The molecular weight excluding hydrogens is 394 g/mol. The zero-order valence-electron chi connectivity index (χ0n) is 16.0. The first-order chi connectivity index (χ1) is 13.5. The summed E-state index contributed by atoms with van der Waals surface area (Å²) in [6.07, 6.45) is 0. The number of nitrogens with one attached hydrogen (secondary N) is 1. The molecule has 0 fully saturated rings. The fourth-order valence-electron chi connectivity index (χ4n) is 2.56. The molecule has 1 amide bonds. The average molecular weight is 416 g/mol. The zero-order valence-corrected chi connectivity index (χ0v) is 17.5. The molecule has 1 aromatic heterocycles. The Balaban J connectivity index is 1.78. The Labute approximate surface area is 173 Å². The molecule has 0 unspecified atom stereocenters. The number of nitrogens with zero attached hydrogens (tertiary/aromatic N) is 4. The van der Waals surface area contributed by atoms with Crippen molar-refractivity contribution >= 4 is 35.0 Å². The standard InChI is InChI=1S/C20H22ClN5OS/c1-14(25(2)3)19-23-24-20(26(19)17-7-5-4-6-8-17)28-13-18(27)22-16-11-9-15(21)10-12-16/h4-12,14H,13H2,1-3H3,(H,22,27)/t14-/m1/s1. The molecule has 0 saturated heterocycles. The van der Waals surface area contributed by atoms with Crippen LogP contribution in [-0.4, -0.2) is 45.4 Å². The van der Waals surface area contributed by atoms with Crippen molar-refractivity contribution in [1.29, 1.82) is 0 Å². The fraction of sp³-hybridized carbons (Fsp3) is 0.250. The summed E-state index contributed by atoms with van der Waals surface area (Å²) in [5, 5.41) is 12.9. The molecule has 3 aromatic rings. The summed E-state index contributed by atoms with van der Waals surface area (Å²) in [6, 6.07) is 17.0. The van der Waals surface area contributed by atoms with Crippen LogP contribution in [0.2, 0.25) is 5.02 Å². The predicted octanol–water partition coefficient (Wildman–Crippen LogP) is 4.27. The van der Waals surface area contributed by atoms with Crippen LogP contribution in [-0.2, 0) is 4.79 Å². The molecule has 0 saturated carbocycles. The van der Waals surface area contributed by atoms with E-state index in [4.69, 9.17) is 11.6 Å². The Bertz CT molecular complexity index is 928. The van der Waals surface area contributed by atoms with Crippen LogP contribution in [0.25, 0.3) is 5.69 Å². The SMILES string of the molecule is C[C@H](c1nnc(SCC(=O)Nc2ccc(Cl)cc2)n1-c1ccccc1)N(C)C. The maximum atomic E-state index is 12.3. The maximum Gasteiger partial charge on any atom is 0.234 e. The van der Waals surface area contributed by atoms with Gasteiger partial charge in [-0.3, -0.25) is 14.3 Å². The molecule has 3 rings (SSSR count). The first-order valence-electron chi connectivity index (χ1n) is 8.81. The predicted molar refractivity (Wildman–Crippen MR) is 114 cm³/mol. The lowest BCUT2D eigenvalue weighted by Crippen LogP contribution is -2.21. The first-order valence-corrected chi connectivity index (χ1v) is 10.2. The van der Waals surface area contributed by atoms with E-state index in [1.807, 2.05) is 49.0 Å². The molecule has 0 aliphatic carbocycles. The molecular formula is C20H22ClN5OS. The second kappa shape index (κ2) is 9.23. The molecule has 28 heavy (non-hydrogen) atoms. The van der Waals surface area contributed by atoms with Gasteiger partial charge in [0.2, 0.25) is 5.91 Å². The number of carbonyl (C=O) groups is 1. The van der Waals surface area contributed by atoms with Gasteiger partial charge in [-0.2, -0.15) is 0 Å². The summed E-state index contributed by atoms with van der Waals surface area (Å²) in [7, 11) is 4.00. The summed E-state index contributed by atoms with van der Waals surface area (Å²) in [6.45, 7) is 2.07. The topological polar surface area (TPSA) is 63.1 Å². The highest BCUT2D eigenvalue weighted by atomic mass is 35.5. The number of hydrogen-bond acceptors (Lipinski definition) is 5. The zero-order chi connectivity index (χ0) is 20.1. The normalized spacial score (nSPS) is 12.2. The molecule has 8 heteroatoms. The number of rotatable bonds is 7. The molecule has 0 aliphatic rings. The molecule has 0 aliphatic heterocycles. The van der Waals surface area contributed by atoms with Gasteiger partial charge in [0.05, 0.1) is 11.8 Å². The van der Waals surface area contributed by atoms with Crippen LogP contribution in [0, 0.1) is 0 Å². The second-order valence-electron chi connectivity index (χ2n) is 6.50. The van der Waals surface area contributed by atoms with Crippen LogP contribution < -0.4 is 5.32 Å². The number of halogens is 1. The summed E-state index contributed by atoms with van der Waals surface area (Å²) >= 11 is 7.23. The third-order valence-electron chi connectivity index (χ3n) is 4.28. The smallest absolute Gasteiger partial charge is 0.234 e. The van der Waals surface area contributed by atoms with E-state index in [1.54, 1.807) is 24.3 Å². The summed E-state index contributed by atoms with van der Waals surface area (Å²) < 4.78 is 2.00. The molecule has 0 bridgehead atoms. The number of hydrogen-bond donors (Lipinski definition) is 1. The molecule has 1 heterocycles. The Hall–Kier alpha value is -2.35. The van der Waals surface area contributed by atoms with Gasteiger partial charge in [0.25, 0.3) is 0 Å². The van der Waals surface area contributed by atoms with Crippen LogP contribution >= 0.6 is 23.4 Å². The van der Waals surface area contributed by atoms with Gasteiger partial charge < -0.3 is 5.32 Å². The second-order valence-corrected chi connectivity index (χ2v) is 7.87. The van der Waals surface area contributed by atoms with Crippen molar-refractivity contribution in [2.75, 3.05) is 25.2 Å². The van der Waals surface area contributed by atoms with Gasteiger partial charge in [-0.25, -0.2) is 0 Å². The highest BCUT2D eigenvalue weighted by Gasteiger charge is 2.21. The van der Waals surface area contributed by atoms with Gasteiger partial charge in [0.15, 0.2) is 11.0 Å². The Morgan fingerprint density at radius 3 is 2.46 bits per heavy atom. The lowest BCUT2D eigenvalue weighted by Gasteiger charge is -2.20. The van der Waals surface area contributed by atoms with Gasteiger partial charge in [0, 0.05) is 16.4 Å². The van der Waals surface area contributed by atoms with E-state index in [-0.39, 0.29) is 17.7 Å². The van der Waals surface area contributed by atoms with Gasteiger partial charge in [-0.05, 0) is 57.4 Å². The minimum Gasteiger partial charge on any atom is -0.325 e. The quantitative estimate of drug-likeness (QED) is 0.583. The van der Waals surface area contributed by atoms with E-state index >= 15 is 0 Å².